The molecule has 0 saturated carbocycles. The van der Waals surface area contributed by atoms with E-state index < -0.39 is 24.7 Å². The van der Waals surface area contributed by atoms with Crippen molar-refractivity contribution in [2.24, 2.45) is 0 Å². The average molecular weight is 446 g/mol. The number of anilines is 1. The SMILES string of the molecule is CC(=O)Nc1cc(C(C)NC(=O)c2cnc(OCC(F)(F)F)c3ccccc23)cc(C)n1. The second-order valence-corrected chi connectivity index (χ2v) is 7.23. The summed E-state index contributed by atoms with van der Waals surface area (Å²) in [6.45, 7) is 3.42. The fourth-order valence-corrected chi connectivity index (χ4v) is 3.16. The van der Waals surface area contributed by atoms with Crippen molar-refractivity contribution in [1.29, 1.82) is 0 Å². The van der Waals surface area contributed by atoms with Crippen molar-refractivity contribution in [3.05, 3.63) is 59.4 Å². The molecule has 0 aliphatic carbocycles. The zero-order valence-corrected chi connectivity index (χ0v) is 17.6. The third-order valence-corrected chi connectivity index (χ3v) is 4.50. The number of hydrogen-bond acceptors (Lipinski definition) is 5. The number of benzene rings is 1. The molecule has 2 heterocycles. The molecule has 3 aromatic rings. The number of nitrogens with zero attached hydrogens (tertiary/aromatic N) is 2. The Balaban J connectivity index is 1.86. The van der Waals surface area contributed by atoms with E-state index in [1.165, 1.54) is 13.1 Å². The maximum absolute atomic E-state index is 13.0. The summed E-state index contributed by atoms with van der Waals surface area (Å²) in [5, 5.41) is 6.17. The molecule has 0 fully saturated rings. The van der Waals surface area contributed by atoms with Crippen molar-refractivity contribution in [3.63, 3.8) is 0 Å². The first kappa shape index (κ1) is 23.0. The molecule has 3 rings (SSSR count). The molecule has 1 aromatic carbocycles. The van der Waals surface area contributed by atoms with E-state index >= 15 is 0 Å². The summed E-state index contributed by atoms with van der Waals surface area (Å²) in [4.78, 5) is 32.4. The number of carbonyl (C=O) groups excluding carboxylic acids is 2. The first-order valence-corrected chi connectivity index (χ1v) is 9.68. The Kier molecular flexibility index (Phi) is 6.61. The number of halogens is 3. The fraction of sp³-hybridized carbons (Fsp3) is 0.273. The van der Waals surface area contributed by atoms with Crippen LogP contribution in [0.15, 0.2) is 42.6 Å². The van der Waals surface area contributed by atoms with Crippen molar-refractivity contribution in [3.8, 4) is 5.88 Å². The maximum atomic E-state index is 13.0. The molecule has 32 heavy (non-hydrogen) atoms. The van der Waals surface area contributed by atoms with Crippen LogP contribution in [0.25, 0.3) is 10.8 Å². The van der Waals surface area contributed by atoms with Gasteiger partial charge in [0.15, 0.2) is 6.61 Å². The van der Waals surface area contributed by atoms with Gasteiger partial charge >= 0.3 is 6.18 Å². The molecule has 0 radical (unpaired) electrons. The second kappa shape index (κ2) is 9.21. The van der Waals surface area contributed by atoms with Crippen LogP contribution in [0, 0.1) is 6.92 Å². The highest BCUT2D eigenvalue weighted by atomic mass is 19.4. The highest BCUT2D eigenvalue weighted by Gasteiger charge is 2.29. The van der Waals surface area contributed by atoms with Gasteiger partial charge in [-0.3, -0.25) is 9.59 Å². The maximum Gasteiger partial charge on any atom is 0.422 e. The lowest BCUT2D eigenvalue weighted by atomic mass is 10.0. The molecule has 0 aliphatic rings. The number of hydrogen-bond donors (Lipinski definition) is 2. The largest absolute Gasteiger partial charge is 0.468 e. The lowest BCUT2D eigenvalue weighted by Crippen LogP contribution is -2.27. The Morgan fingerprint density at radius 3 is 2.50 bits per heavy atom. The van der Waals surface area contributed by atoms with E-state index in [0.29, 0.717) is 22.3 Å². The molecule has 2 aromatic heterocycles. The van der Waals surface area contributed by atoms with Gasteiger partial charge in [0.25, 0.3) is 5.91 Å². The van der Waals surface area contributed by atoms with Gasteiger partial charge in [-0.25, -0.2) is 9.97 Å². The monoisotopic (exact) mass is 446 g/mol. The normalized spacial score (nSPS) is 12.3. The molecule has 0 aliphatic heterocycles. The zero-order valence-electron chi connectivity index (χ0n) is 17.6. The van der Waals surface area contributed by atoms with Crippen molar-refractivity contribution >= 4 is 28.4 Å². The van der Waals surface area contributed by atoms with Gasteiger partial charge in [0.05, 0.1) is 11.6 Å². The van der Waals surface area contributed by atoms with E-state index in [0.717, 1.165) is 5.56 Å². The summed E-state index contributed by atoms with van der Waals surface area (Å²) in [6.07, 6.45) is -3.32. The lowest BCUT2D eigenvalue weighted by molar-refractivity contribution is -0.153. The van der Waals surface area contributed by atoms with Crippen molar-refractivity contribution < 1.29 is 27.5 Å². The van der Waals surface area contributed by atoms with Gasteiger partial charge in [-0.15, -0.1) is 0 Å². The number of alkyl halides is 3. The Hall–Kier alpha value is -3.69. The molecule has 0 spiro atoms. The van der Waals surface area contributed by atoms with Crippen molar-refractivity contribution in [2.75, 3.05) is 11.9 Å². The van der Waals surface area contributed by atoms with Crippen LogP contribution in [0.2, 0.25) is 0 Å². The van der Waals surface area contributed by atoms with Crippen LogP contribution in [0.4, 0.5) is 19.0 Å². The van der Waals surface area contributed by atoms with Gasteiger partial charge in [0.1, 0.15) is 5.82 Å². The van der Waals surface area contributed by atoms with E-state index in [1.807, 2.05) is 0 Å². The molecule has 0 bridgehead atoms. The topological polar surface area (TPSA) is 93.2 Å². The van der Waals surface area contributed by atoms with Crippen LogP contribution in [0.3, 0.4) is 0 Å². The molecule has 10 heteroatoms. The average Bonchev–Trinajstić information content (AvgIpc) is 2.70. The summed E-state index contributed by atoms with van der Waals surface area (Å²) in [5.41, 5.74) is 1.57. The number of nitrogens with one attached hydrogen (secondary N) is 2. The molecule has 7 nitrogen and oxygen atoms in total. The molecular formula is C22H21F3N4O3. The number of fused-ring (bicyclic) bond motifs is 1. The minimum absolute atomic E-state index is 0.194. The number of carbonyl (C=O) groups is 2. The van der Waals surface area contributed by atoms with Gasteiger partial charge in [0, 0.05) is 29.6 Å². The second-order valence-electron chi connectivity index (χ2n) is 7.23. The molecule has 1 atom stereocenters. The summed E-state index contributed by atoms with van der Waals surface area (Å²) < 4.78 is 42.4. The summed E-state index contributed by atoms with van der Waals surface area (Å²) in [6, 6.07) is 9.43. The number of amides is 2. The Labute approximate surface area is 182 Å². The predicted molar refractivity (Wildman–Crippen MR) is 112 cm³/mol. The fourth-order valence-electron chi connectivity index (χ4n) is 3.16. The van der Waals surface area contributed by atoms with Crippen LogP contribution in [-0.2, 0) is 4.79 Å². The van der Waals surface area contributed by atoms with Crippen LogP contribution in [0.1, 0.15) is 41.5 Å². The number of aromatic nitrogens is 2. The van der Waals surface area contributed by atoms with Crippen molar-refractivity contribution in [2.45, 2.75) is 33.0 Å². The number of ether oxygens (including phenoxy) is 1. The molecular weight excluding hydrogens is 425 g/mol. The third-order valence-electron chi connectivity index (χ3n) is 4.50. The highest BCUT2D eigenvalue weighted by molar-refractivity contribution is 6.08. The standard InChI is InChI=1S/C22H21F3N4O3/c1-12-8-15(9-19(27-12)29-14(3)30)13(2)28-20(31)18-10-26-21(32-11-22(23,24)25)17-7-5-4-6-16(17)18/h4-10,13H,11H2,1-3H3,(H,28,31)(H,27,29,30). The van der Waals surface area contributed by atoms with Crippen molar-refractivity contribution in [1.82, 2.24) is 15.3 Å². The van der Waals surface area contributed by atoms with Gasteiger partial charge in [0.2, 0.25) is 11.8 Å². The molecule has 1 unspecified atom stereocenters. The minimum Gasteiger partial charge on any atom is -0.468 e. The molecule has 168 valence electrons. The van der Waals surface area contributed by atoms with Gasteiger partial charge in [-0.2, -0.15) is 13.2 Å². The lowest BCUT2D eigenvalue weighted by Gasteiger charge is -2.17. The smallest absolute Gasteiger partial charge is 0.422 e. The van der Waals surface area contributed by atoms with Gasteiger partial charge < -0.3 is 15.4 Å². The molecule has 0 saturated heterocycles. The van der Waals surface area contributed by atoms with Gasteiger partial charge in [-0.05, 0) is 37.6 Å². The summed E-state index contributed by atoms with van der Waals surface area (Å²) >= 11 is 0. The molecule has 2 amide bonds. The third kappa shape index (κ3) is 5.71. The summed E-state index contributed by atoms with van der Waals surface area (Å²) in [7, 11) is 0. The Morgan fingerprint density at radius 2 is 1.84 bits per heavy atom. The summed E-state index contributed by atoms with van der Waals surface area (Å²) in [5.74, 6) is -0.561. The van der Waals surface area contributed by atoms with E-state index in [2.05, 4.69) is 20.6 Å². The van der Waals surface area contributed by atoms with Gasteiger partial charge in [-0.1, -0.05) is 18.2 Å². The number of pyridine rings is 2. The zero-order chi connectivity index (χ0) is 23.5. The number of aryl methyl sites for hydroxylation is 1. The molecule has 2 N–H and O–H groups in total. The number of rotatable bonds is 6. The van der Waals surface area contributed by atoms with Crippen LogP contribution >= 0.6 is 0 Å². The van der Waals surface area contributed by atoms with E-state index in [4.69, 9.17) is 4.74 Å². The quantitative estimate of drug-likeness (QED) is 0.588. The van der Waals surface area contributed by atoms with E-state index in [-0.39, 0.29) is 17.4 Å². The van der Waals surface area contributed by atoms with Crippen LogP contribution in [0.5, 0.6) is 5.88 Å². The van der Waals surface area contributed by atoms with E-state index in [9.17, 15) is 22.8 Å². The Morgan fingerprint density at radius 1 is 1.16 bits per heavy atom. The first-order chi connectivity index (χ1) is 15.0. The first-order valence-electron chi connectivity index (χ1n) is 9.68. The predicted octanol–water partition coefficient (Wildman–Crippen LogP) is 4.33. The van der Waals surface area contributed by atoms with E-state index in [1.54, 1.807) is 50.2 Å². The Bertz CT molecular complexity index is 1160. The highest BCUT2D eigenvalue weighted by Crippen LogP contribution is 2.28. The minimum atomic E-state index is -4.51. The van der Waals surface area contributed by atoms with Crippen LogP contribution in [-0.4, -0.2) is 34.6 Å². The van der Waals surface area contributed by atoms with Crippen LogP contribution < -0.4 is 15.4 Å².